The number of nitrogens with zero attached hydrogens (tertiary/aromatic N) is 2. The van der Waals surface area contributed by atoms with Gasteiger partial charge in [-0.3, -0.25) is 4.72 Å². The molecule has 0 amide bonds. The summed E-state index contributed by atoms with van der Waals surface area (Å²) in [5, 5.41) is 7.17. The second kappa shape index (κ2) is 5.79. The molecule has 2 heterocycles. The maximum Gasteiger partial charge on any atom is 0.231 e. The fourth-order valence-corrected chi connectivity index (χ4v) is 2.95. The SMILES string of the molecule is Cc1ccccc1Nc1c(NS(C)(=O)=O)nc2c(C)noc2c1C. The molecule has 0 aliphatic heterocycles. The second-order valence-electron chi connectivity index (χ2n) is 5.72. The zero-order chi connectivity index (χ0) is 17.5. The third-order valence-electron chi connectivity index (χ3n) is 3.69. The zero-order valence-corrected chi connectivity index (χ0v) is 14.7. The molecule has 126 valence electrons. The van der Waals surface area contributed by atoms with Crippen LogP contribution in [0, 0.1) is 20.8 Å². The molecule has 2 aromatic heterocycles. The lowest BCUT2D eigenvalue weighted by Gasteiger charge is -2.16. The summed E-state index contributed by atoms with van der Waals surface area (Å²) in [5.74, 6) is 0.219. The van der Waals surface area contributed by atoms with Crippen LogP contribution in [0.1, 0.15) is 16.8 Å². The van der Waals surface area contributed by atoms with Gasteiger partial charge in [-0.15, -0.1) is 0 Å². The summed E-state index contributed by atoms with van der Waals surface area (Å²) in [6.07, 6.45) is 1.09. The molecule has 24 heavy (non-hydrogen) atoms. The van der Waals surface area contributed by atoms with Crippen LogP contribution in [0.15, 0.2) is 28.8 Å². The number of fused-ring (bicyclic) bond motifs is 1. The van der Waals surface area contributed by atoms with Gasteiger partial charge in [-0.05, 0) is 32.4 Å². The van der Waals surface area contributed by atoms with E-state index in [1.54, 1.807) is 6.92 Å². The van der Waals surface area contributed by atoms with Crippen LogP contribution < -0.4 is 10.0 Å². The van der Waals surface area contributed by atoms with Crippen LogP contribution in [0.25, 0.3) is 11.1 Å². The van der Waals surface area contributed by atoms with Gasteiger partial charge < -0.3 is 9.84 Å². The third kappa shape index (κ3) is 3.05. The molecule has 0 saturated carbocycles. The third-order valence-corrected chi connectivity index (χ3v) is 4.26. The number of nitrogens with one attached hydrogen (secondary N) is 2. The van der Waals surface area contributed by atoms with E-state index in [1.165, 1.54) is 0 Å². The van der Waals surface area contributed by atoms with Crippen molar-refractivity contribution in [2.75, 3.05) is 16.3 Å². The summed E-state index contributed by atoms with van der Waals surface area (Å²) in [4.78, 5) is 4.40. The van der Waals surface area contributed by atoms with Crippen LogP contribution in [0.3, 0.4) is 0 Å². The molecule has 0 saturated heterocycles. The lowest BCUT2D eigenvalue weighted by molar-refractivity contribution is 0.449. The van der Waals surface area contributed by atoms with Crippen LogP contribution in [0.5, 0.6) is 0 Å². The lowest BCUT2D eigenvalue weighted by atomic mass is 10.1. The molecule has 0 aliphatic rings. The molecule has 3 rings (SSSR count). The quantitative estimate of drug-likeness (QED) is 0.752. The van der Waals surface area contributed by atoms with E-state index in [2.05, 4.69) is 20.2 Å². The largest absolute Gasteiger partial charge is 0.354 e. The molecule has 3 aromatic rings. The number of pyridine rings is 1. The smallest absolute Gasteiger partial charge is 0.231 e. The molecular formula is C16H18N4O3S. The molecule has 0 atom stereocenters. The molecule has 1 aromatic carbocycles. The molecule has 0 spiro atoms. The van der Waals surface area contributed by atoms with Crippen molar-refractivity contribution in [3.8, 4) is 0 Å². The van der Waals surface area contributed by atoms with Crippen LogP contribution >= 0.6 is 0 Å². The minimum atomic E-state index is -3.49. The number of hydrogen-bond acceptors (Lipinski definition) is 6. The van der Waals surface area contributed by atoms with E-state index in [0.717, 1.165) is 23.1 Å². The predicted molar refractivity (Wildman–Crippen MR) is 94.2 cm³/mol. The van der Waals surface area contributed by atoms with E-state index in [1.807, 2.05) is 38.1 Å². The highest BCUT2D eigenvalue weighted by molar-refractivity contribution is 7.92. The number of aryl methyl sites for hydroxylation is 3. The average molecular weight is 346 g/mol. The van der Waals surface area contributed by atoms with Crippen LogP contribution in [0.2, 0.25) is 0 Å². The van der Waals surface area contributed by atoms with Crippen LogP contribution in [-0.4, -0.2) is 24.8 Å². The highest BCUT2D eigenvalue weighted by Gasteiger charge is 2.20. The van der Waals surface area contributed by atoms with Crippen molar-refractivity contribution >= 4 is 38.3 Å². The van der Waals surface area contributed by atoms with Gasteiger partial charge in [-0.1, -0.05) is 23.4 Å². The van der Waals surface area contributed by atoms with Gasteiger partial charge in [-0.25, -0.2) is 13.4 Å². The van der Waals surface area contributed by atoms with E-state index in [9.17, 15) is 8.42 Å². The minimum Gasteiger partial charge on any atom is -0.354 e. The van der Waals surface area contributed by atoms with Gasteiger partial charge in [-0.2, -0.15) is 0 Å². The first-order chi connectivity index (χ1) is 11.3. The van der Waals surface area contributed by atoms with Gasteiger partial charge in [0.05, 0.1) is 11.9 Å². The Labute approximate surface area is 140 Å². The molecule has 0 aliphatic carbocycles. The molecule has 0 fully saturated rings. The Kier molecular flexibility index (Phi) is 3.92. The number of para-hydroxylation sites is 1. The monoisotopic (exact) mass is 346 g/mol. The van der Waals surface area contributed by atoms with Crippen molar-refractivity contribution < 1.29 is 12.9 Å². The highest BCUT2D eigenvalue weighted by atomic mass is 32.2. The highest BCUT2D eigenvalue weighted by Crippen LogP contribution is 2.35. The van der Waals surface area contributed by atoms with Gasteiger partial charge >= 0.3 is 0 Å². The van der Waals surface area contributed by atoms with Gasteiger partial charge in [0.15, 0.2) is 11.4 Å². The standard InChI is InChI=1S/C16H18N4O3S/c1-9-7-5-6-8-12(9)17-13-10(2)15-14(11(3)19-23-15)18-16(13)20-24(4,21)22/h5-8,17H,1-4H3,(H,18,20). The Morgan fingerprint density at radius 1 is 1.12 bits per heavy atom. The van der Waals surface area contributed by atoms with Crippen molar-refractivity contribution in [2.24, 2.45) is 0 Å². The first kappa shape index (κ1) is 16.3. The maximum absolute atomic E-state index is 11.7. The van der Waals surface area contributed by atoms with E-state index in [0.29, 0.717) is 22.5 Å². The van der Waals surface area contributed by atoms with Crippen molar-refractivity contribution in [3.63, 3.8) is 0 Å². The van der Waals surface area contributed by atoms with E-state index < -0.39 is 10.0 Å². The Balaban J connectivity index is 2.22. The summed E-state index contributed by atoms with van der Waals surface area (Å²) in [6, 6.07) is 7.71. The average Bonchev–Trinajstić information content (AvgIpc) is 2.85. The van der Waals surface area contributed by atoms with E-state index in [4.69, 9.17) is 4.52 Å². The van der Waals surface area contributed by atoms with Crippen molar-refractivity contribution in [2.45, 2.75) is 20.8 Å². The fourth-order valence-electron chi connectivity index (χ4n) is 2.45. The van der Waals surface area contributed by atoms with Gasteiger partial charge in [0.1, 0.15) is 11.2 Å². The second-order valence-corrected chi connectivity index (χ2v) is 7.47. The first-order valence-electron chi connectivity index (χ1n) is 7.33. The van der Waals surface area contributed by atoms with E-state index in [-0.39, 0.29) is 5.82 Å². The summed E-state index contributed by atoms with van der Waals surface area (Å²) >= 11 is 0. The number of sulfonamides is 1. The number of benzene rings is 1. The fraction of sp³-hybridized carbons (Fsp3) is 0.250. The molecule has 0 radical (unpaired) electrons. The number of rotatable bonds is 4. The molecule has 0 unspecified atom stereocenters. The molecule has 2 N–H and O–H groups in total. The van der Waals surface area contributed by atoms with Crippen molar-refractivity contribution in [3.05, 3.63) is 41.1 Å². The topological polar surface area (TPSA) is 97.1 Å². The van der Waals surface area contributed by atoms with E-state index >= 15 is 0 Å². The number of hydrogen-bond donors (Lipinski definition) is 2. The van der Waals surface area contributed by atoms with Gasteiger partial charge in [0.2, 0.25) is 10.0 Å². The molecule has 8 heteroatoms. The predicted octanol–water partition coefficient (Wildman–Crippen LogP) is 3.26. The van der Waals surface area contributed by atoms with Crippen molar-refractivity contribution in [1.82, 2.24) is 10.1 Å². The summed E-state index contributed by atoms with van der Waals surface area (Å²) in [5.41, 5.74) is 4.82. The summed E-state index contributed by atoms with van der Waals surface area (Å²) in [7, 11) is -3.49. The van der Waals surface area contributed by atoms with Gasteiger partial charge in [0.25, 0.3) is 0 Å². The molecular weight excluding hydrogens is 328 g/mol. The summed E-state index contributed by atoms with van der Waals surface area (Å²) in [6.45, 7) is 5.56. The summed E-state index contributed by atoms with van der Waals surface area (Å²) < 4.78 is 31.3. The van der Waals surface area contributed by atoms with Crippen LogP contribution in [0.4, 0.5) is 17.2 Å². The van der Waals surface area contributed by atoms with Crippen LogP contribution in [-0.2, 0) is 10.0 Å². The maximum atomic E-state index is 11.7. The number of aromatic nitrogens is 2. The molecule has 7 nitrogen and oxygen atoms in total. The Hall–Kier alpha value is -2.61. The first-order valence-corrected chi connectivity index (χ1v) is 9.22. The van der Waals surface area contributed by atoms with Crippen molar-refractivity contribution in [1.29, 1.82) is 0 Å². The zero-order valence-electron chi connectivity index (χ0n) is 13.8. The minimum absolute atomic E-state index is 0.219. The molecule has 0 bridgehead atoms. The Bertz CT molecular complexity index is 1030. The Morgan fingerprint density at radius 3 is 2.50 bits per heavy atom. The normalized spacial score (nSPS) is 11.7. The lowest BCUT2D eigenvalue weighted by Crippen LogP contribution is -2.13. The number of anilines is 3. The van der Waals surface area contributed by atoms with Gasteiger partial charge in [0, 0.05) is 11.3 Å². The Morgan fingerprint density at radius 2 is 1.83 bits per heavy atom.